The van der Waals surface area contributed by atoms with Gasteiger partial charge in [0.25, 0.3) is 5.91 Å². The van der Waals surface area contributed by atoms with Crippen molar-refractivity contribution in [2.75, 3.05) is 6.54 Å². The number of fused-ring (bicyclic) bond motifs is 1. The number of nitrogens with zero attached hydrogens (tertiary/aromatic N) is 6. The summed E-state index contributed by atoms with van der Waals surface area (Å²) in [7, 11) is 1.87. The smallest absolute Gasteiger partial charge is 0.257 e. The summed E-state index contributed by atoms with van der Waals surface area (Å²) in [5.74, 6) is 2.12. The zero-order valence-corrected chi connectivity index (χ0v) is 14.4. The van der Waals surface area contributed by atoms with E-state index in [1.54, 1.807) is 10.9 Å². The molecule has 24 heavy (non-hydrogen) atoms. The number of aromatic nitrogens is 5. The van der Waals surface area contributed by atoms with Gasteiger partial charge in [-0.15, -0.1) is 10.2 Å². The molecular weight excluding hydrogens is 304 g/mol. The first-order valence-corrected chi connectivity index (χ1v) is 8.88. The van der Waals surface area contributed by atoms with Crippen molar-refractivity contribution in [2.24, 2.45) is 7.05 Å². The summed E-state index contributed by atoms with van der Waals surface area (Å²) < 4.78 is 4.01. The molecule has 0 aromatic carbocycles. The van der Waals surface area contributed by atoms with Gasteiger partial charge in [0.1, 0.15) is 5.82 Å². The van der Waals surface area contributed by atoms with Gasteiger partial charge in [0.05, 0.1) is 17.8 Å². The molecule has 2 aromatic rings. The molecule has 0 N–H and O–H groups in total. The van der Waals surface area contributed by atoms with Crippen molar-refractivity contribution in [3.63, 3.8) is 0 Å². The molecule has 1 amide bonds. The van der Waals surface area contributed by atoms with Crippen molar-refractivity contribution in [3.05, 3.63) is 29.1 Å². The van der Waals surface area contributed by atoms with Gasteiger partial charge in [0.2, 0.25) is 0 Å². The third-order valence-electron chi connectivity index (χ3n) is 5.42. The van der Waals surface area contributed by atoms with E-state index in [0.29, 0.717) is 5.56 Å². The van der Waals surface area contributed by atoms with Crippen molar-refractivity contribution < 1.29 is 4.79 Å². The Kier molecular flexibility index (Phi) is 3.86. The van der Waals surface area contributed by atoms with Crippen molar-refractivity contribution in [3.8, 4) is 0 Å². The van der Waals surface area contributed by atoms with Crippen LogP contribution in [0, 0.1) is 6.92 Å². The van der Waals surface area contributed by atoms with Crippen LogP contribution in [0.2, 0.25) is 0 Å². The molecule has 0 spiro atoms. The third kappa shape index (κ3) is 2.42. The van der Waals surface area contributed by atoms with Crippen molar-refractivity contribution in [1.82, 2.24) is 29.4 Å². The molecular formula is C17H24N6O. The van der Waals surface area contributed by atoms with Crippen LogP contribution in [0.15, 0.2) is 6.20 Å². The van der Waals surface area contributed by atoms with Crippen LogP contribution >= 0.6 is 0 Å². The minimum Gasteiger partial charge on any atom is -0.328 e. The monoisotopic (exact) mass is 328 g/mol. The Morgan fingerprint density at radius 3 is 2.83 bits per heavy atom. The Morgan fingerprint density at radius 1 is 1.17 bits per heavy atom. The van der Waals surface area contributed by atoms with E-state index >= 15 is 0 Å². The first-order valence-electron chi connectivity index (χ1n) is 8.88. The van der Waals surface area contributed by atoms with E-state index < -0.39 is 0 Å². The summed E-state index contributed by atoms with van der Waals surface area (Å²) in [4.78, 5) is 15.0. The molecule has 128 valence electrons. The molecule has 4 rings (SSSR count). The van der Waals surface area contributed by atoms with Crippen molar-refractivity contribution >= 4 is 5.91 Å². The Hall–Kier alpha value is -2.18. The van der Waals surface area contributed by atoms with Gasteiger partial charge in [0, 0.05) is 32.3 Å². The third-order valence-corrected chi connectivity index (χ3v) is 5.42. The summed E-state index contributed by atoms with van der Waals surface area (Å²) in [6.45, 7) is 3.69. The maximum absolute atomic E-state index is 13.0. The number of amides is 1. The van der Waals surface area contributed by atoms with Gasteiger partial charge in [0.15, 0.2) is 5.82 Å². The van der Waals surface area contributed by atoms with Crippen LogP contribution in [0.4, 0.5) is 0 Å². The van der Waals surface area contributed by atoms with Gasteiger partial charge < -0.3 is 9.47 Å². The van der Waals surface area contributed by atoms with Gasteiger partial charge in [-0.3, -0.25) is 9.48 Å². The van der Waals surface area contributed by atoms with Gasteiger partial charge in [-0.2, -0.15) is 5.10 Å². The molecule has 0 bridgehead atoms. The standard InChI is InChI=1S/C17H24N6O/c1-12-13(11-18-21(12)2)17(24)22-10-6-7-14(22)16-20-19-15-8-4-3-5-9-23(15)16/h11,14H,3-10H2,1-2H3/t14-/m0/s1. The first-order chi connectivity index (χ1) is 11.7. The first kappa shape index (κ1) is 15.4. The molecule has 0 radical (unpaired) electrons. The number of hydrogen-bond donors (Lipinski definition) is 0. The van der Waals surface area contributed by atoms with Crippen LogP contribution in [-0.2, 0) is 20.0 Å². The topological polar surface area (TPSA) is 68.8 Å². The van der Waals surface area contributed by atoms with Gasteiger partial charge >= 0.3 is 0 Å². The molecule has 0 aliphatic carbocycles. The van der Waals surface area contributed by atoms with E-state index in [9.17, 15) is 4.79 Å². The van der Waals surface area contributed by atoms with Crippen molar-refractivity contribution in [2.45, 2.75) is 58.0 Å². The Labute approximate surface area is 141 Å². The molecule has 0 saturated carbocycles. The predicted molar refractivity (Wildman–Crippen MR) is 88.5 cm³/mol. The minimum absolute atomic E-state index is 0.0384. The van der Waals surface area contributed by atoms with Gasteiger partial charge in [-0.1, -0.05) is 6.42 Å². The molecule has 1 saturated heterocycles. The average molecular weight is 328 g/mol. The summed E-state index contributed by atoms with van der Waals surface area (Å²) in [6.07, 6.45) is 8.24. The maximum Gasteiger partial charge on any atom is 0.257 e. The van der Waals surface area contributed by atoms with E-state index in [4.69, 9.17) is 0 Å². The highest BCUT2D eigenvalue weighted by Crippen LogP contribution is 2.33. The average Bonchev–Trinajstić information content (AvgIpc) is 3.24. The van der Waals surface area contributed by atoms with E-state index in [1.165, 1.54) is 19.3 Å². The SMILES string of the molecule is Cc1c(C(=O)N2CCC[C@H]2c2nnc3n2CCCCC3)cnn1C. The number of rotatable bonds is 2. The lowest BCUT2D eigenvalue weighted by atomic mass is 10.1. The van der Waals surface area contributed by atoms with E-state index in [1.807, 2.05) is 18.9 Å². The fraction of sp³-hybridized carbons (Fsp3) is 0.647. The second-order valence-electron chi connectivity index (χ2n) is 6.86. The highest BCUT2D eigenvalue weighted by molar-refractivity contribution is 5.95. The molecule has 0 unspecified atom stereocenters. The summed E-state index contributed by atoms with van der Waals surface area (Å²) in [5, 5.41) is 13.1. The lowest BCUT2D eigenvalue weighted by molar-refractivity contribution is 0.0726. The molecule has 2 aliphatic heterocycles. The van der Waals surface area contributed by atoms with Gasteiger partial charge in [-0.25, -0.2) is 0 Å². The fourth-order valence-corrected chi connectivity index (χ4v) is 3.90. The Morgan fingerprint density at radius 2 is 2.04 bits per heavy atom. The van der Waals surface area contributed by atoms with E-state index in [-0.39, 0.29) is 11.9 Å². The van der Waals surface area contributed by atoms with Crippen LogP contribution in [-0.4, -0.2) is 41.9 Å². The largest absolute Gasteiger partial charge is 0.328 e. The number of likely N-dealkylation sites (tertiary alicyclic amines) is 1. The Balaban J connectivity index is 1.65. The summed E-state index contributed by atoms with van der Waals surface area (Å²) in [5.41, 5.74) is 1.60. The zero-order chi connectivity index (χ0) is 16.7. The molecule has 7 heteroatoms. The quantitative estimate of drug-likeness (QED) is 0.846. The number of carbonyl (C=O) groups is 1. The normalized spacial score (nSPS) is 20.9. The molecule has 4 heterocycles. The second kappa shape index (κ2) is 6.03. The number of carbonyl (C=O) groups excluding carboxylic acids is 1. The number of aryl methyl sites for hydroxylation is 2. The zero-order valence-electron chi connectivity index (χ0n) is 14.4. The van der Waals surface area contributed by atoms with Crippen LogP contribution in [0.1, 0.15) is 65.8 Å². The molecule has 1 fully saturated rings. The lowest BCUT2D eigenvalue weighted by Gasteiger charge is -2.24. The van der Waals surface area contributed by atoms with Crippen LogP contribution in [0.25, 0.3) is 0 Å². The highest BCUT2D eigenvalue weighted by Gasteiger charge is 2.35. The lowest BCUT2D eigenvalue weighted by Crippen LogP contribution is -2.32. The Bertz CT molecular complexity index is 761. The fourth-order valence-electron chi connectivity index (χ4n) is 3.90. The van der Waals surface area contributed by atoms with Crippen LogP contribution < -0.4 is 0 Å². The maximum atomic E-state index is 13.0. The number of hydrogen-bond acceptors (Lipinski definition) is 4. The van der Waals surface area contributed by atoms with Gasteiger partial charge in [-0.05, 0) is 32.6 Å². The second-order valence-corrected chi connectivity index (χ2v) is 6.86. The van der Waals surface area contributed by atoms with Crippen molar-refractivity contribution in [1.29, 1.82) is 0 Å². The molecule has 2 aliphatic rings. The highest BCUT2D eigenvalue weighted by atomic mass is 16.2. The summed E-state index contributed by atoms with van der Waals surface area (Å²) in [6, 6.07) is 0.0384. The van der Waals surface area contributed by atoms with E-state index in [0.717, 1.165) is 49.7 Å². The van der Waals surface area contributed by atoms with Crippen LogP contribution in [0.5, 0.6) is 0 Å². The summed E-state index contributed by atoms with van der Waals surface area (Å²) >= 11 is 0. The molecule has 7 nitrogen and oxygen atoms in total. The van der Waals surface area contributed by atoms with Crippen LogP contribution in [0.3, 0.4) is 0 Å². The molecule has 2 aromatic heterocycles. The van der Waals surface area contributed by atoms with E-state index in [2.05, 4.69) is 19.9 Å². The molecule has 1 atom stereocenters. The minimum atomic E-state index is 0.0384. The predicted octanol–water partition coefficient (Wildman–Crippen LogP) is 2.02.